The molecule has 1 aliphatic heterocycles. The van der Waals surface area contributed by atoms with E-state index < -0.39 is 10.8 Å². The van der Waals surface area contributed by atoms with E-state index in [1.54, 1.807) is 11.8 Å². The van der Waals surface area contributed by atoms with Crippen molar-refractivity contribution >= 4 is 39.1 Å². The number of thiocarbonyl (C=S) groups is 1. The predicted octanol–water partition coefficient (Wildman–Crippen LogP) is 2.91. The van der Waals surface area contributed by atoms with Gasteiger partial charge in [-0.1, -0.05) is 42.2 Å². The molecular formula is C13H17NOS3. The highest BCUT2D eigenvalue weighted by atomic mass is 32.2. The van der Waals surface area contributed by atoms with Gasteiger partial charge in [0.2, 0.25) is 0 Å². The first-order valence-corrected chi connectivity index (χ1v) is 8.84. The van der Waals surface area contributed by atoms with Gasteiger partial charge in [0.05, 0.1) is 10.8 Å². The van der Waals surface area contributed by atoms with E-state index in [1.165, 1.54) is 12.8 Å². The molecule has 18 heavy (non-hydrogen) atoms. The van der Waals surface area contributed by atoms with E-state index in [4.69, 9.17) is 12.2 Å². The SMILES string of the molecule is O=[S@@](CCSC(=S)N1CCCC1)c1ccccc1. The van der Waals surface area contributed by atoms with Crippen molar-refractivity contribution in [1.82, 2.24) is 4.90 Å². The van der Waals surface area contributed by atoms with Gasteiger partial charge in [0.15, 0.2) is 0 Å². The molecule has 1 atom stereocenters. The third kappa shape index (κ3) is 4.07. The number of hydrogen-bond donors (Lipinski definition) is 0. The lowest BCUT2D eigenvalue weighted by atomic mass is 10.4. The van der Waals surface area contributed by atoms with Crippen LogP contribution in [-0.2, 0) is 10.8 Å². The Morgan fingerprint density at radius 2 is 1.94 bits per heavy atom. The molecule has 1 fully saturated rings. The smallest absolute Gasteiger partial charge is 0.136 e. The second-order valence-corrected chi connectivity index (χ2v) is 7.47. The lowest BCUT2D eigenvalue weighted by molar-refractivity contribution is 0.539. The lowest BCUT2D eigenvalue weighted by Gasteiger charge is -2.17. The van der Waals surface area contributed by atoms with E-state index in [-0.39, 0.29) is 0 Å². The van der Waals surface area contributed by atoms with Crippen LogP contribution in [0.25, 0.3) is 0 Å². The van der Waals surface area contributed by atoms with E-state index >= 15 is 0 Å². The minimum Gasteiger partial charge on any atom is -0.358 e. The minimum atomic E-state index is -0.900. The highest BCUT2D eigenvalue weighted by Crippen LogP contribution is 2.17. The Bertz CT molecular complexity index is 416. The van der Waals surface area contributed by atoms with Gasteiger partial charge in [0, 0.05) is 29.5 Å². The molecule has 0 radical (unpaired) electrons. The minimum absolute atomic E-state index is 0.669. The number of rotatable bonds is 4. The molecule has 1 aliphatic rings. The molecule has 0 aromatic heterocycles. The van der Waals surface area contributed by atoms with Crippen molar-refractivity contribution in [3.63, 3.8) is 0 Å². The summed E-state index contributed by atoms with van der Waals surface area (Å²) in [6, 6.07) is 9.63. The van der Waals surface area contributed by atoms with Gasteiger partial charge in [-0.15, -0.1) is 0 Å². The first kappa shape index (κ1) is 14.0. The molecule has 0 spiro atoms. The molecule has 1 heterocycles. The largest absolute Gasteiger partial charge is 0.358 e. The van der Waals surface area contributed by atoms with Crippen LogP contribution in [0.3, 0.4) is 0 Å². The average Bonchev–Trinajstić information content (AvgIpc) is 2.93. The third-order valence-electron chi connectivity index (χ3n) is 2.86. The van der Waals surface area contributed by atoms with Gasteiger partial charge in [0.25, 0.3) is 0 Å². The topological polar surface area (TPSA) is 20.3 Å². The maximum absolute atomic E-state index is 12.0. The van der Waals surface area contributed by atoms with Crippen molar-refractivity contribution in [1.29, 1.82) is 0 Å². The molecule has 98 valence electrons. The summed E-state index contributed by atoms with van der Waals surface area (Å²) in [4.78, 5) is 3.16. The van der Waals surface area contributed by atoms with Crippen molar-refractivity contribution < 1.29 is 4.21 Å². The molecule has 0 bridgehead atoms. The summed E-state index contributed by atoms with van der Waals surface area (Å²) >= 11 is 7.03. The standard InChI is InChI=1S/C13H17NOS3/c15-18(12-6-2-1-3-7-12)11-10-17-13(16)14-8-4-5-9-14/h1-3,6-7H,4-5,8-11H2/t18-/m0/s1. The number of nitrogens with zero attached hydrogens (tertiary/aromatic N) is 1. The summed E-state index contributed by atoms with van der Waals surface area (Å²) < 4.78 is 13.0. The first-order chi connectivity index (χ1) is 8.77. The molecule has 0 N–H and O–H groups in total. The maximum Gasteiger partial charge on any atom is 0.136 e. The third-order valence-corrected chi connectivity index (χ3v) is 6.02. The van der Waals surface area contributed by atoms with Crippen molar-refractivity contribution in [3.8, 4) is 0 Å². The van der Waals surface area contributed by atoms with Crippen LogP contribution in [-0.4, -0.2) is 38.0 Å². The average molecular weight is 299 g/mol. The zero-order valence-corrected chi connectivity index (χ0v) is 12.7. The van der Waals surface area contributed by atoms with Crippen LogP contribution in [0.5, 0.6) is 0 Å². The van der Waals surface area contributed by atoms with Gasteiger partial charge in [-0.05, 0) is 25.0 Å². The lowest BCUT2D eigenvalue weighted by Crippen LogP contribution is -2.23. The Balaban J connectivity index is 1.72. The maximum atomic E-state index is 12.0. The van der Waals surface area contributed by atoms with Gasteiger partial charge in [0.1, 0.15) is 4.32 Å². The van der Waals surface area contributed by atoms with E-state index in [9.17, 15) is 4.21 Å². The highest BCUT2D eigenvalue weighted by molar-refractivity contribution is 8.23. The van der Waals surface area contributed by atoms with Crippen LogP contribution in [0.2, 0.25) is 0 Å². The van der Waals surface area contributed by atoms with Crippen LogP contribution in [0, 0.1) is 0 Å². The zero-order valence-electron chi connectivity index (χ0n) is 10.2. The fourth-order valence-corrected chi connectivity index (χ4v) is 4.49. The Labute approximate surface area is 121 Å². The van der Waals surface area contributed by atoms with Gasteiger partial charge in [-0.25, -0.2) is 0 Å². The quantitative estimate of drug-likeness (QED) is 0.796. The van der Waals surface area contributed by atoms with Gasteiger partial charge in [-0.2, -0.15) is 0 Å². The monoisotopic (exact) mass is 299 g/mol. The number of likely N-dealkylation sites (tertiary alicyclic amines) is 1. The summed E-state index contributed by atoms with van der Waals surface area (Å²) in [5.41, 5.74) is 0. The van der Waals surface area contributed by atoms with E-state index in [1.807, 2.05) is 30.3 Å². The fourth-order valence-electron chi connectivity index (χ4n) is 1.89. The summed E-state index contributed by atoms with van der Waals surface area (Å²) in [5, 5.41) is 0. The molecular weight excluding hydrogens is 282 g/mol. The summed E-state index contributed by atoms with van der Waals surface area (Å²) in [5.74, 6) is 1.50. The van der Waals surface area contributed by atoms with Crippen LogP contribution >= 0.6 is 24.0 Å². The summed E-state index contributed by atoms with van der Waals surface area (Å²) in [6.45, 7) is 2.18. The van der Waals surface area contributed by atoms with E-state index in [0.717, 1.165) is 28.1 Å². The molecule has 0 aliphatic carbocycles. The molecule has 0 amide bonds. The Morgan fingerprint density at radius 1 is 1.28 bits per heavy atom. The van der Waals surface area contributed by atoms with Crippen LogP contribution in [0.1, 0.15) is 12.8 Å². The van der Waals surface area contributed by atoms with Gasteiger partial charge < -0.3 is 4.90 Å². The zero-order chi connectivity index (χ0) is 12.8. The molecule has 1 saturated heterocycles. The predicted molar refractivity (Wildman–Crippen MR) is 83.6 cm³/mol. The van der Waals surface area contributed by atoms with E-state index in [0.29, 0.717) is 5.75 Å². The number of thioether (sulfide) groups is 1. The van der Waals surface area contributed by atoms with Crippen molar-refractivity contribution in [2.45, 2.75) is 17.7 Å². The van der Waals surface area contributed by atoms with Crippen molar-refractivity contribution in [3.05, 3.63) is 30.3 Å². The molecule has 1 aromatic rings. The number of benzene rings is 1. The molecule has 0 saturated carbocycles. The molecule has 5 heteroatoms. The molecule has 0 unspecified atom stereocenters. The van der Waals surface area contributed by atoms with Gasteiger partial charge in [-0.3, -0.25) is 4.21 Å². The normalized spacial score (nSPS) is 16.8. The van der Waals surface area contributed by atoms with Crippen molar-refractivity contribution in [2.24, 2.45) is 0 Å². The Kier molecular flexibility index (Phi) is 5.66. The summed E-state index contributed by atoms with van der Waals surface area (Å²) in [6.07, 6.45) is 2.49. The van der Waals surface area contributed by atoms with Crippen LogP contribution < -0.4 is 0 Å². The highest BCUT2D eigenvalue weighted by Gasteiger charge is 2.15. The van der Waals surface area contributed by atoms with E-state index in [2.05, 4.69) is 4.90 Å². The van der Waals surface area contributed by atoms with Crippen molar-refractivity contribution in [2.75, 3.05) is 24.6 Å². The Hall–Kier alpha value is -0.390. The first-order valence-electron chi connectivity index (χ1n) is 6.12. The number of hydrogen-bond acceptors (Lipinski definition) is 3. The Morgan fingerprint density at radius 3 is 2.61 bits per heavy atom. The van der Waals surface area contributed by atoms with Crippen LogP contribution in [0.4, 0.5) is 0 Å². The summed E-state index contributed by atoms with van der Waals surface area (Å²) in [7, 11) is -0.900. The van der Waals surface area contributed by atoms with Crippen LogP contribution in [0.15, 0.2) is 35.2 Å². The van der Waals surface area contributed by atoms with Gasteiger partial charge >= 0.3 is 0 Å². The molecule has 2 nitrogen and oxygen atoms in total. The second kappa shape index (κ2) is 7.26. The molecule has 1 aromatic carbocycles. The molecule has 2 rings (SSSR count). The fraction of sp³-hybridized carbons (Fsp3) is 0.462. The second-order valence-electron chi connectivity index (χ2n) is 4.17.